The second-order valence-electron chi connectivity index (χ2n) is 13.3. The van der Waals surface area contributed by atoms with Gasteiger partial charge in [-0.25, -0.2) is 9.59 Å². The highest BCUT2D eigenvalue weighted by atomic mass is 16.5. The van der Waals surface area contributed by atoms with Crippen LogP contribution in [0.2, 0.25) is 0 Å². The zero-order valence-electron chi connectivity index (χ0n) is 23.1. The highest BCUT2D eigenvalue weighted by Crippen LogP contribution is 2.67. The lowest BCUT2D eigenvalue weighted by atomic mass is 9.44. The van der Waals surface area contributed by atoms with Gasteiger partial charge in [0.25, 0.3) is 0 Å². The van der Waals surface area contributed by atoms with Crippen molar-refractivity contribution in [1.82, 2.24) is 0 Å². The smallest absolute Gasteiger partial charge is 0.338 e. The van der Waals surface area contributed by atoms with Gasteiger partial charge in [0.2, 0.25) is 0 Å². The molecule has 0 radical (unpaired) electrons. The first-order valence-electron chi connectivity index (χ1n) is 14.8. The van der Waals surface area contributed by atoms with Gasteiger partial charge in [-0.1, -0.05) is 57.2 Å². The predicted molar refractivity (Wildman–Crippen MR) is 148 cm³/mol. The van der Waals surface area contributed by atoms with Crippen LogP contribution in [-0.4, -0.2) is 24.1 Å². The first-order valence-corrected chi connectivity index (χ1v) is 14.8. The topological polar surface area (TPSA) is 52.6 Å². The summed E-state index contributed by atoms with van der Waals surface area (Å²) in [5, 5.41) is 0. The Kier molecular flexibility index (Phi) is 6.64. The van der Waals surface area contributed by atoms with Gasteiger partial charge in [0.15, 0.2) is 0 Å². The molecule has 0 amide bonds. The van der Waals surface area contributed by atoms with Crippen LogP contribution in [0.15, 0.2) is 60.7 Å². The van der Waals surface area contributed by atoms with Crippen molar-refractivity contribution in [2.75, 3.05) is 0 Å². The maximum atomic E-state index is 12.9. The molecule has 6 rings (SSSR count). The number of benzene rings is 2. The maximum Gasteiger partial charge on any atom is 0.338 e. The van der Waals surface area contributed by atoms with Crippen LogP contribution in [0.3, 0.4) is 0 Å². The minimum Gasteiger partial charge on any atom is -0.458 e. The first kappa shape index (κ1) is 25.6. The highest BCUT2D eigenvalue weighted by molar-refractivity contribution is 5.90. The van der Waals surface area contributed by atoms with E-state index >= 15 is 0 Å². The molecule has 0 aliphatic heterocycles. The van der Waals surface area contributed by atoms with Gasteiger partial charge in [-0.05, 0) is 111 Å². The third-order valence-electron chi connectivity index (χ3n) is 11.4. The van der Waals surface area contributed by atoms with Crippen molar-refractivity contribution in [3.8, 4) is 0 Å². The van der Waals surface area contributed by atoms with Crippen molar-refractivity contribution in [2.24, 2.45) is 40.4 Å². The molecule has 2 aromatic carbocycles. The number of hydrogen-bond acceptors (Lipinski definition) is 4. The molecule has 38 heavy (non-hydrogen) atoms. The van der Waals surface area contributed by atoms with Crippen LogP contribution in [0.1, 0.15) is 92.9 Å². The number of ether oxygens (including phenoxy) is 2. The van der Waals surface area contributed by atoms with Crippen molar-refractivity contribution in [3.63, 3.8) is 0 Å². The SMILES string of the molecule is C[C@@H]1C[C@@]2(C)[C@H](CC[C@@H]3[C@H]2CC[C@]2(C)[C@@H](OC(=O)c4ccccc4)CC[C@H]32)C[C@H]1OC(=O)c1ccccc1. The Balaban J connectivity index is 1.14. The minimum atomic E-state index is -0.185. The van der Waals surface area contributed by atoms with E-state index in [4.69, 9.17) is 9.47 Å². The normalized spacial score (nSPS) is 39.8. The Hall–Kier alpha value is -2.62. The predicted octanol–water partition coefficient (Wildman–Crippen LogP) is 7.73. The zero-order valence-corrected chi connectivity index (χ0v) is 23.1. The van der Waals surface area contributed by atoms with Gasteiger partial charge in [-0.3, -0.25) is 0 Å². The summed E-state index contributed by atoms with van der Waals surface area (Å²) < 4.78 is 12.3. The molecule has 4 nitrogen and oxygen atoms in total. The van der Waals surface area contributed by atoms with E-state index in [1.54, 1.807) is 0 Å². The summed E-state index contributed by atoms with van der Waals surface area (Å²) in [6, 6.07) is 18.8. The first-order chi connectivity index (χ1) is 18.3. The van der Waals surface area contributed by atoms with Gasteiger partial charge in [0.1, 0.15) is 12.2 Å². The van der Waals surface area contributed by atoms with Crippen LogP contribution in [0.4, 0.5) is 0 Å². The molecule has 2 aromatic rings. The molecule has 9 atom stereocenters. The number of esters is 2. The summed E-state index contributed by atoms with van der Waals surface area (Å²) in [5.74, 6) is 2.63. The van der Waals surface area contributed by atoms with Crippen molar-refractivity contribution in [2.45, 2.75) is 84.3 Å². The molecule has 0 aromatic heterocycles. The van der Waals surface area contributed by atoms with Crippen LogP contribution in [0, 0.1) is 40.4 Å². The van der Waals surface area contributed by atoms with Crippen LogP contribution in [0.5, 0.6) is 0 Å². The molecule has 0 spiro atoms. The average Bonchev–Trinajstić information content (AvgIpc) is 3.26. The van der Waals surface area contributed by atoms with E-state index in [2.05, 4.69) is 20.8 Å². The van der Waals surface area contributed by atoms with E-state index in [1.165, 1.54) is 19.3 Å². The highest BCUT2D eigenvalue weighted by Gasteiger charge is 2.62. The Morgan fingerprint density at radius 1 is 0.737 bits per heavy atom. The largest absolute Gasteiger partial charge is 0.458 e. The van der Waals surface area contributed by atoms with Crippen molar-refractivity contribution in [1.29, 1.82) is 0 Å². The number of carbonyl (C=O) groups is 2. The zero-order chi connectivity index (χ0) is 26.5. The lowest BCUT2D eigenvalue weighted by Gasteiger charge is -2.61. The van der Waals surface area contributed by atoms with Gasteiger partial charge in [0, 0.05) is 5.41 Å². The van der Waals surface area contributed by atoms with E-state index in [0.29, 0.717) is 40.7 Å². The summed E-state index contributed by atoms with van der Waals surface area (Å²) in [6.45, 7) is 7.24. The van der Waals surface area contributed by atoms with Crippen LogP contribution in [-0.2, 0) is 9.47 Å². The molecule has 0 saturated heterocycles. The number of rotatable bonds is 4. The fraction of sp³-hybridized carbons (Fsp3) is 0.588. The van der Waals surface area contributed by atoms with Crippen molar-refractivity contribution >= 4 is 11.9 Å². The molecule has 0 N–H and O–H groups in total. The summed E-state index contributed by atoms with van der Waals surface area (Å²) in [7, 11) is 0. The summed E-state index contributed by atoms with van der Waals surface area (Å²) in [6.07, 6.45) is 9.08. The van der Waals surface area contributed by atoms with Crippen LogP contribution >= 0.6 is 0 Å². The Bertz CT molecular complexity index is 1160. The van der Waals surface area contributed by atoms with E-state index < -0.39 is 0 Å². The monoisotopic (exact) mass is 514 g/mol. The fourth-order valence-corrected chi connectivity index (χ4v) is 9.44. The molecule has 4 heteroatoms. The minimum absolute atomic E-state index is 0.000512. The number of fused-ring (bicyclic) bond motifs is 5. The van der Waals surface area contributed by atoms with Gasteiger partial charge in [-0.15, -0.1) is 0 Å². The van der Waals surface area contributed by atoms with E-state index in [-0.39, 0.29) is 35.0 Å². The van der Waals surface area contributed by atoms with E-state index in [0.717, 1.165) is 32.1 Å². The van der Waals surface area contributed by atoms with E-state index in [1.807, 2.05) is 60.7 Å². The lowest BCUT2D eigenvalue weighted by molar-refractivity contribution is -0.147. The van der Waals surface area contributed by atoms with E-state index in [9.17, 15) is 9.59 Å². The molecular formula is C34H42O4. The van der Waals surface area contributed by atoms with Gasteiger partial charge >= 0.3 is 11.9 Å². The van der Waals surface area contributed by atoms with Gasteiger partial charge in [0.05, 0.1) is 11.1 Å². The van der Waals surface area contributed by atoms with Gasteiger partial charge < -0.3 is 9.47 Å². The van der Waals surface area contributed by atoms with Gasteiger partial charge in [-0.2, -0.15) is 0 Å². The molecular weight excluding hydrogens is 472 g/mol. The van der Waals surface area contributed by atoms with Crippen LogP contribution < -0.4 is 0 Å². The molecule has 0 bridgehead atoms. The van der Waals surface area contributed by atoms with Crippen LogP contribution in [0.25, 0.3) is 0 Å². The second kappa shape index (κ2) is 9.84. The fourth-order valence-electron chi connectivity index (χ4n) is 9.44. The Labute approximate surface area is 227 Å². The van der Waals surface area contributed by atoms with Crippen molar-refractivity contribution in [3.05, 3.63) is 71.8 Å². The molecule has 0 heterocycles. The molecule has 4 aliphatic carbocycles. The Morgan fingerprint density at radius 2 is 1.34 bits per heavy atom. The average molecular weight is 515 g/mol. The lowest BCUT2D eigenvalue weighted by Crippen LogP contribution is -2.56. The number of hydrogen-bond donors (Lipinski definition) is 0. The number of carbonyl (C=O) groups excluding carboxylic acids is 2. The molecule has 4 fully saturated rings. The maximum absolute atomic E-state index is 12.9. The Morgan fingerprint density at radius 3 is 2.00 bits per heavy atom. The summed E-state index contributed by atoms with van der Waals surface area (Å²) in [5.41, 5.74) is 1.66. The van der Waals surface area contributed by atoms with Crippen molar-refractivity contribution < 1.29 is 19.1 Å². The third kappa shape index (κ3) is 4.28. The molecule has 4 aliphatic rings. The molecule has 202 valence electrons. The summed E-state index contributed by atoms with van der Waals surface area (Å²) in [4.78, 5) is 25.7. The third-order valence-corrected chi connectivity index (χ3v) is 11.4. The molecule has 4 saturated carbocycles. The quantitative estimate of drug-likeness (QED) is 0.392. The second-order valence-corrected chi connectivity index (χ2v) is 13.3. The molecule has 0 unspecified atom stereocenters. The summed E-state index contributed by atoms with van der Waals surface area (Å²) >= 11 is 0. The standard InChI is InChI=1S/C34H42O4/c1-22-21-34(3)25(20-29(22)37-31(35)23-10-6-4-7-11-23)14-15-26-27-16-17-30(33(27,2)19-18-28(26)34)38-32(36)24-12-8-5-9-13-24/h4-13,22,25-30H,14-21H2,1-3H3/t22-,25-,26+,27-,28-,29-,30+,33+,34+/m1/s1.